The van der Waals surface area contributed by atoms with Gasteiger partial charge < -0.3 is 19.4 Å². The maximum absolute atomic E-state index is 12.7. The predicted octanol–water partition coefficient (Wildman–Crippen LogP) is 5.20. The number of furan rings is 1. The number of imidazole rings is 1. The average Bonchev–Trinajstić information content (AvgIpc) is 3.78. The minimum atomic E-state index is -1.53. The summed E-state index contributed by atoms with van der Waals surface area (Å²) in [4.78, 5) is 9.09. The lowest BCUT2D eigenvalue weighted by atomic mass is 9.82. The van der Waals surface area contributed by atoms with E-state index in [-0.39, 0.29) is 0 Å². The minimum absolute atomic E-state index is 0.364. The van der Waals surface area contributed by atoms with Crippen molar-refractivity contribution in [1.82, 2.24) is 39.9 Å². The van der Waals surface area contributed by atoms with Gasteiger partial charge in [0, 0.05) is 29.6 Å². The van der Waals surface area contributed by atoms with Crippen molar-refractivity contribution in [3.05, 3.63) is 130 Å². The summed E-state index contributed by atoms with van der Waals surface area (Å²) in [5, 5.41) is 29.5. The topological polar surface area (TPSA) is 119 Å². The molecule has 1 unspecified atom stereocenters. The molecule has 10 nitrogen and oxygen atoms in total. The van der Waals surface area contributed by atoms with Crippen molar-refractivity contribution in [2.45, 2.75) is 25.6 Å². The lowest BCUT2D eigenvalue weighted by molar-refractivity contribution is 0.117. The molecule has 0 spiro atoms. The van der Waals surface area contributed by atoms with Crippen molar-refractivity contribution >= 4 is 28.3 Å². The Labute approximate surface area is 251 Å². The van der Waals surface area contributed by atoms with Gasteiger partial charge >= 0.3 is 0 Å². The van der Waals surface area contributed by atoms with Gasteiger partial charge in [0.05, 0.1) is 36.0 Å². The average molecular weight is 591 g/mol. The zero-order valence-corrected chi connectivity index (χ0v) is 24.2. The molecule has 2 N–H and O–H groups in total. The van der Waals surface area contributed by atoms with E-state index < -0.39 is 5.60 Å². The van der Waals surface area contributed by atoms with Gasteiger partial charge in [0.2, 0.25) is 0 Å². The lowest BCUT2D eigenvalue weighted by Crippen LogP contribution is -2.31. The molecule has 214 valence electrons. The Morgan fingerprint density at radius 2 is 1.81 bits per heavy atom. The molecule has 4 aromatic heterocycles. The smallest absolute Gasteiger partial charge is 0.274 e. The fraction of sp³-hybridized carbons (Fsp3) is 0.156. The first-order chi connectivity index (χ1) is 20.9. The lowest BCUT2D eigenvalue weighted by Gasteiger charge is -2.30. The molecule has 0 aliphatic carbocycles. The van der Waals surface area contributed by atoms with E-state index in [9.17, 15) is 5.11 Å². The molecule has 3 aromatic carbocycles. The zero-order chi connectivity index (χ0) is 29.6. The van der Waals surface area contributed by atoms with Crippen LogP contribution in [0.5, 0.6) is 0 Å². The second-order valence-electron chi connectivity index (χ2n) is 10.5. The first-order valence-corrected chi connectivity index (χ1v) is 14.1. The number of fused-ring (bicyclic) bond motifs is 3. The highest BCUT2D eigenvalue weighted by Gasteiger charge is 2.37. The highest BCUT2D eigenvalue weighted by atomic mass is 35.5. The van der Waals surface area contributed by atoms with Crippen LogP contribution < -0.4 is 5.32 Å². The molecule has 43 heavy (non-hydrogen) atoms. The summed E-state index contributed by atoms with van der Waals surface area (Å²) in [6, 6.07) is 25.1. The third-order valence-electron chi connectivity index (χ3n) is 7.64. The molecule has 7 rings (SSSR count). The molecule has 4 heterocycles. The number of aliphatic hydroxyl groups is 1. The van der Waals surface area contributed by atoms with E-state index in [0.29, 0.717) is 46.4 Å². The van der Waals surface area contributed by atoms with Crippen molar-refractivity contribution in [1.29, 1.82) is 0 Å². The van der Waals surface area contributed by atoms with Crippen LogP contribution in [-0.2, 0) is 25.7 Å². The van der Waals surface area contributed by atoms with Crippen molar-refractivity contribution in [2.75, 3.05) is 0 Å². The third kappa shape index (κ3) is 4.85. The Hall–Kier alpha value is -4.90. The van der Waals surface area contributed by atoms with Gasteiger partial charge in [-0.15, -0.1) is 0 Å². The third-order valence-corrected chi connectivity index (χ3v) is 7.88. The van der Waals surface area contributed by atoms with E-state index in [4.69, 9.17) is 21.0 Å². The second-order valence-corrected chi connectivity index (χ2v) is 10.9. The van der Waals surface area contributed by atoms with E-state index in [1.807, 2.05) is 97.4 Å². The zero-order valence-electron chi connectivity index (χ0n) is 23.4. The molecule has 0 saturated heterocycles. The number of hydrogen-bond donors (Lipinski definition) is 2. The van der Waals surface area contributed by atoms with Crippen molar-refractivity contribution in [3.8, 4) is 11.3 Å². The molecule has 11 heteroatoms. The van der Waals surface area contributed by atoms with Gasteiger partial charge in [-0.25, -0.2) is 9.97 Å². The van der Waals surface area contributed by atoms with E-state index in [0.717, 1.165) is 33.6 Å². The molecule has 0 aliphatic rings. The molecule has 1 atom stereocenters. The quantitative estimate of drug-likeness (QED) is 0.248. The standard InChI is InChI=1S/C32H27ClN8O2/c1-20-6-12-26(43-20)17-34-16-21-7-9-23(10-8-21)32(42,29-18-35-19-40(29)2)24-11-13-28-27(15-24)30(22-4-3-5-25(33)14-22)36-31-37-38-39-41(28)31/h3-15,18-19,34,42H,16-17H2,1-2H3. The van der Waals surface area contributed by atoms with Crippen LogP contribution in [0.4, 0.5) is 0 Å². The summed E-state index contributed by atoms with van der Waals surface area (Å²) in [5.74, 6) is 2.15. The highest BCUT2D eigenvalue weighted by Crippen LogP contribution is 2.39. The Morgan fingerprint density at radius 3 is 2.56 bits per heavy atom. The van der Waals surface area contributed by atoms with Crippen molar-refractivity contribution < 1.29 is 9.52 Å². The number of tetrazole rings is 1. The molecule has 0 fully saturated rings. The van der Waals surface area contributed by atoms with Crippen LogP contribution in [-0.4, -0.2) is 39.7 Å². The van der Waals surface area contributed by atoms with Crippen LogP contribution in [0.15, 0.2) is 95.8 Å². The van der Waals surface area contributed by atoms with Gasteiger partial charge in [-0.1, -0.05) is 59.2 Å². The number of halogens is 1. The normalized spacial score (nSPS) is 13.1. The summed E-state index contributed by atoms with van der Waals surface area (Å²) < 4.78 is 9.06. The van der Waals surface area contributed by atoms with Crippen LogP contribution in [0.2, 0.25) is 5.02 Å². The summed E-state index contributed by atoms with van der Waals surface area (Å²) in [5.41, 5.74) is 3.71. The van der Waals surface area contributed by atoms with Gasteiger partial charge in [-0.3, -0.25) is 0 Å². The summed E-state index contributed by atoms with van der Waals surface area (Å²) in [6.07, 6.45) is 3.37. The summed E-state index contributed by atoms with van der Waals surface area (Å²) >= 11 is 6.36. The Kier molecular flexibility index (Phi) is 6.73. The molecule has 0 amide bonds. The molecule has 0 radical (unpaired) electrons. The monoisotopic (exact) mass is 590 g/mol. The number of nitrogens with one attached hydrogen (secondary N) is 1. The largest absolute Gasteiger partial charge is 0.465 e. The predicted molar refractivity (Wildman–Crippen MR) is 162 cm³/mol. The fourth-order valence-electron chi connectivity index (χ4n) is 5.50. The number of aromatic nitrogens is 7. The number of benzene rings is 3. The molecule has 7 aromatic rings. The van der Waals surface area contributed by atoms with Gasteiger partial charge in [0.25, 0.3) is 5.78 Å². The molecular formula is C32H27ClN8O2. The Bertz CT molecular complexity index is 2080. The van der Waals surface area contributed by atoms with Crippen LogP contribution in [0.25, 0.3) is 27.9 Å². The van der Waals surface area contributed by atoms with Crippen LogP contribution in [0.3, 0.4) is 0 Å². The van der Waals surface area contributed by atoms with E-state index in [1.165, 1.54) is 0 Å². The second kappa shape index (κ2) is 10.7. The number of hydrogen-bond acceptors (Lipinski definition) is 8. The SMILES string of the molecule is Cc1ccc(CNCc2ccc(C(O)(c3ccc4c(c3)c(-c3cccc(Cl)c3)nc3nnnn34)c3cncn3C)cc2)o1. The van der Waals surface area contributed by atoms with E-state index in [2.05, 4.69) is 25.8 Å². The Balaban J connectivity index is 1.32. The number of aryl methyl sites for hydroxylation is 2. The van der Waals surface area contributed by atoms with E-state index in [1.54, 1.807) is 17.0 Å². The molecule has 0 bridgehead atoms. The Morgan fingerprint density at radius 1 is 0.977 bits per heavy atom. The van der Waals surface area contributed by atoms with Crippen LogP contribution in [0, 0.1) is 6.92 Å². The van der Waals surface area contributed by atoms with Gasteiger partial charge in [-0.05, 0) is 70.4 Å². The van der Waals surface area contributed by atoms with Gasteiger partial charge in [-0.2, -0.15) is 4.52 Å². The van der Waals surface area contributed by atoms with Crippen molar-refractivity contribution in [3.63, 3.8) is 0 Å². The number of nitrogens with zero attached hydrogens (tertiary/aromatic N) is 7. The van der Waals surface area contributed by atoms with Gasteiger partial charge in [0.15, 0.2) is 5.60 Å². The van der Waals surface area contributed by atoms with E-state index >= 15 is 0 Å². The number of rotatable bonds is 8. The van der Waals surface area contributed by atoms with Crippen LogP contribution >= 0.6 is 11.6 Å². The molecule has 0 saturated carbocycles. The highest BCUT2D eigenvalue weighted by molar-refractivity contribution is 6.30. The van der Waals surface area contributed by atoms with Crippen LogP contribution in [0.1, 0.15) is 33.9 Å². The molecule has 0 aliphatic heterocycles. The summed E-state index contributed by atoms with van der Waals surface area (Å²) in [7, 11) is 1.87. The first-order valence-electron chi connectivity index (χ1n) is 13.7. The van der Waals surface area contributed by atoms with Crippen molar-refractivity contribution in [2.24, 2.45) is 7.05 Å². The summed E-state index contributed by atoms with van der Waals surface area (Å²) in [6.45, 7) is 3.21. The minimum Gasteiger partial charge on any atom is -0.465 e. The van der Waals surface area contributed by atoms with Gasteiger partial charge in [0.1, 0.15) is 11.5 Å². The maximum atomic E-state index is 12.7. The maximum Gasteiger partial charge on any atom is 0.274 e. The first kappa shape index (κ1) is 27.0. The fourth-order valence-corrected chi connectivity index (χ4v) is 5.69. The molecular weight excluding hydrogens is 564 g/mol.